The highest BCUT2D eigenvalue weighted by Gasteiger charge is 2.28. The predicted octanol–water partition coefficient (Wildman–Crippen LogP) is 3.90. The largest absolute Gasteiger partial charge is 0.489 e. The Kier molecular flexibility index (Phi) is 4.35. The molecule has 2 aromatic carbocycles. The highest BCUT2D eigenvalue weighted by atomic mass is 16.6. The second kappa shape index (κ2) is 6.76. The summed E-state index contributed by atoms with van der Waals surface area (Å²) in [5.41, 5.74) is 2.02. The van der Waals surface area contributed by atoms with Crippen LogP contribution in [-0.4, -0.2) is 12.6 Å². The molecule has 1 heterocycles. The topological polar surface area (TPSA) is 35.5 Å². The van der Waals surface area contributed by atoms with Crippen LogP contribution in [0.3, 0.4) is 0 Å². The first-order chi connectivity index (χ1) is 10.8. The number of esters is 1. The average molecular weight is 292 g/mol. The van der Waals surface area contributed by atoms with E-state index in [9.17, 15) is 4.79 Å². The van der Waals surface area contributed by atoms with Gasteiger partial charge in [0.05, 0.1) is 6.08 Å². The minimum Gasteiger partial charge on any atom is -0.489 e. The van der Waals surface area contributed by atoms with E-state index in [1.165, 1.54) is 6.08 Å². The van der Waals surface area contributed by atoms with E-state index in [-0.39, 0.29) is 5.97 Å². The van der Waals surface area contributed by atoms with Crippen LogP contribution >= 0.6 is 0 Å². The van der Waals surface area contributed by atoms with Gasteiger partial charge in [0.2, 0.25) is 0 Å². The van der Waals surface area contributed by atoms with Gasteiger partial charge in [-0.25, -0.2) is 4.79 Å². The molecule has 1 aliphatic rings. The zero-order chi connectivity index (χ0) is 15.2. The maximum absolute atomic E-state index is 11.5. The van der Waals surface area contributed by atoms with E-state index in [1.54, 1.807) is 0 Å². The Balaban J connectivity index is 1.62. The molecule has 0 radical (unpaired) electrons. The van der Waals surface area contributed by atoms with Gasteiger partial charge < -0.3 is 9.47 Å². The molecular weight excluding hydrogens is 276 g/mol. The van der Waals surface area contributed by atoms with Gasteiger partial charge in [0.25, 0.3) is 0 Å². The Hall–Kier alpha value is -2.81. The third-order valence-corrected chi connectivity index (χ3v) is 3.31. The zero-order valence-corrected chi connectivity index (χ0v) is 12.0. The Labute approximate surface area is 129 Å². The summed E-state index contributed by atoms with van der Waals surface area (Å²) in [6.07, 6.45) is 4.86. The first-order valence-electron chi connectivity index (χ1n) is 7.14. The molecule has 0 aliphatic carbocycles. The molecule has 0 bridgehead atoms. The fraction of sp³-hybridized carbons (Fsp3) is 0.105. The van der Waals surface area contributed by atoms with Gasteiger partial charge in [-0.15, -0.1) is 0 Å². The van der Waals surface area contributed by atoms with Crippen LogP contribution in [0.15, 0.2) is 78.6 Å². The molecule has 0 amide bonds. The van der Waals surface area contributed by atoms with Gasteiger partial charge in [0.1, 0.15) is 12.4 Å². The van der Waals surface area contributed by atoms with Crippen LogP contribution in [0.5, 0.6) is 0 Å². The van der Waals surface area contributed by atoms with Crippen LogP contribution in [-0.2, 0) is 14.3 Å². The molecular formula is C19H16O3. The lowest BCUT2D eigenvalue weighted by atomic mass is 10.1. The molecule has 0 spiro atoms. The van der Waals surface area contributed by atoms with Gasteiger partial charge in [-0.2, -0.15) is 0 Å². The highest BCUT2D eigenvalue weighted by molar-refractivity contribution is 5.85. The number of cyclic esters (lactones) is 1. The van der Waals surface area contributed by atoms with E-state index >= 15 is 0 Å². The van der Waals surface area contributed by atoms with Crippen LogP contribution in [0.1, 0.15) is 17.2 Å². The third-order valence-electron chi connectivity index (χ3n) is 3.31. The van der Waals surface area contributed by atoms with Gasteiger partial charge in [-0.1, -0.05) is 66.7 Å². The van der Waals surface area contributed by atoms with Crippen molar-refractivity contribution in [3.63, 3.8) is 0 Å². The summed E-state index contributed by atoms with van der Waals surface area (Å²) >= 11 is 0. The van der Waals surface area contributed by atoms with Crippen molar-refractivity contribution in [2.24, 2.45) is 0 Å². The van der Waals surface area contributed by atoms with Crippen molar-refractivity contribution < 1.29 is 14.3 Å². The predicted molar refractivity (Wildman–Crippen MR) is 84.8 cm³/mol. The van der Waals surface area contributed by atoms with Crippen LogP contribution in [0.2, 0.25) is 0 Å². The number of rotatable bonds is 5. The van der Waals surface area contributed by atoms with Crippen molar-refractivity contribution in [3.8, 4) is 0 Å². The highest BCUT2D eigenvalue weighted by Crippen LogP contribution is 2.31. The first-order valence-corrected chi connectivity index (χ1v) is 7.14. The fourth-order valence-electron chi connectivity index (χ4n) is 2.27. The molecule has 2 aromatic rings. The van der Waals surface area contributed by atoms with E-state index in [4.69, 9.17) is 9.47 Å². The van der Waals surface area contributed by atoms with Gasteiger partial charge >= 0.3 is 5.97 Å². The Morgan fingerprint density at radius 2 is 1.68 bits per heavy atom. The molecule has 0 aromatic heterocycles. The molecule has 0 saturated heterocycles. The van der Waals surface area contributed by atoms with Gasteiger partial charge in [0, 0.05) is 5.56 Å². The molecule has 22 heavy (non-hydrogen) atoms. The SMILES string of the molecule is O=C1C=C(OC/C=C/c2ccccc2)C(c2ccccc2)O1. The number of hydrogen-bond acceptors (Lipinski definition) is 3. The molecule has 3 nitrogen and oxygen atoms in total. The lowest BCUT2D eigenvalue weighted by Gasteiger charge is -2.14. The number of ether oxygens (including phenoxy) is 2. The monoisotopic (exact) mass is 292 g/mol. The minimum atomic E-state index is -0.446. The quantitative estimate of drug-likeness (QED) is 0.784. The van der Waals surface area contributed by atoms with E-state index in [0.29, 0.717) is 12.4 Å². The van der Waals surface area contributed by atoms with Crippen LogP contribution in [0.25, 0.3) is 6.08 Å². The molecule has 0 saturated carbocycles. The second-order valence-corrected chi connectivity index (χ2v) is 4.90. The summed E-state index contributed by atoms with van der Waals surface area (Å²) in [4.78, 5) is 11.5. The number of carbonyl (C=O) groups is 1. The number of hydrogen-bond donors (Lipinski definition) is 0. The van der Waals surface area contributed by atoms with Crippen molar-refractivity contribution in [3.05, 3.63) is 89.7 Å². The van der Waals surface area contributed by atoms with Gasteiger partial charge in [-0.3, -0.25) is 0 Å². The summed E-state index contributed by atoms with van der Waals surface area (Å²) in [5, 5.41) is 0. The van der Waals surface area contributed by atoms with E-state index in [2.05, 4.69) is 0 Å². The van der Waals surface area contributed by atoms with E-state index < -0.39 is 6.10 Å². The first kappa shape index (κ1) is 14.1. The van der Waals surface area contributed by atoms with Gasteiger partial charge in [-0.05, 0) is 11.6 Å². The van der Waals surface area contributed by atoms with E-state index in [1.807, 2.05) is 72.8 Å². The lowest BCUT2D eigenvalue weighted by Crippen LogP contribution is -2.05. The molecule has 1 atom stereocenters. The average Bonchev–Trinajstić information content (AvgIpc) is 2.94. The smallest absolute Gasteiger partial charge is 0.335 e. The molecule has 1 unspecified atom stereocenters. The summed E-state index contributed by atoms with van der Waals surface area (Å²) in [6, 6.07) is 19.6. The normalized spacial score (nSPS) is 17.4. The molecule has 0 N–H and O–H groups in total. The molecule has 0 fully saturated rings. The summed E-state index contributed by atoms with van der Waals surface area (Å²) in [6.45, 7) is 0.390. The summed E-state index contributed by atoms with van der Waals surface area (Å²) in [5.74, 6) is 0.185. The van der Waals surface area contributed by atoms with Crippen LogP contribution in [0, 0.1) is 0 Å². The minimum absolute atomic E-state index is 0.365. The molecule has 1 aliphatic heterocycles. The second-order valence-electron chi connectivity index (χ2n) is 4.90. The third kappa shape index (κ3) is 3.44. The van der Waals surface area contributed by atoms with Crippen molar-refractivity contribution in [2.75, 3.05) is 6.61 Å². The van der Waals surface area contributed by atoms with Crippen LogP contribution in [0.4, 0.5) is 0 Å². The Morgan fingerprint density at radius 1 is 1.00 bits per heavy atom. The van der Waals surface area contributed by atoms with E-state index in [0.717, 1.165) is 11.1 Å². The van der Waals surface area contributed by atoms with Crippen molar-refractivity contribution >= 4 is 12.0 Å². The Morgan fingerprint density at radius 3 is 2.41 bits per heavy atom. The van der Waals surface area contributed by atoms with Gasteiger partial charge in [0.15, 0.2) is 6.10 Å². The number of benzene rings is 2. The fourth-order valence-corrected chi connectivity index (χ4v) is 2.27. The Bertz CT molecular complexity index is 687. The molecule has 3 rings (SSSR count). The zero-order valence-electron chi connectivity index (χ0n) is 12.0. The lowest BCUT2D eigenvalue weighted by molar-refractivity contribution is -0.139. The summed E-state index contributed by atoms with van der Waals surface area (Å²) < 4.78 is 11.0. The maximum Gasteiger partial charge on any atom is 0.335 e. The summed E-state index contributed by atoms with van der Waals surface area (Å²) in [7, 11) is 0. The standard InChI is InChI=1S/C19H16O3/c20-18-14-17(19(22-18)16-11-5-2-6-12-16)21-13-7-10-15-8-3-1-4-9-15/h1-12,14,19H,13H2/b10-7+. The van der Waals surface area contributed by atoms with Crippen molar-refractivity contribution in [1.29, 1.82) is 0 Å². The maximum atomic E-state index is 11.5. The van der Waals surface area contributed by atoms with Crippen LogP contribution < -0.4 is 0 Å². The molecule has 110 valence electrons. The number of carbonyl (C=O) groups excluding carboxylic acids is 1. The molecule has 3 heteroatoms. The van der Waals surface area contributed by atoms with Crippen molar-refractivity contribution in [1.82, 2.24) is 0 Å². The van der Waals surface area contributed by atoms with Crippen molar-refractivity contribution in [2.45, 2.75) is 6.10 Å².